The van der Waals surface area contributed by atoms with Crippen LogP contribution in [0.5, 0.6) is 0 Å². The molecule has 0 bridgehead atoms. The van der Waals surface area contributed by atoms with Gasteiger partial charge in [-0.25, -0.2) is 9.18 Å². The zero-order chi connectivity index (χ0) is 22.0. The first-order valence-corrected chi connectivity index (χ1v) is 9.79. The Hall–Kier alpha value is -3.71. The highest BCUT2D eigenvalue weighted by atomic mass is 35.5. The molecule has 1 aliphatic heterocycles. The van der Waals surface area contributed by atoms with Crippen LogP contribution >= 0.6 is 11.6 Å². The summed E-state index contributed by atoms with van der Waals surface area (Å²) < 4.78 is 14.0. The predicted molar refractivity (Wildman–Crippen MR) is 114 cm³/mol. The average Bonchev–Trinajstić information content (AvgIpc) is 3.02. The van der Waals surface area contributed by atoms with E-state index in [9.17, 15) is 18.8 Å². The summed E-state index contributed by atoms with van der Waals surface area (Å²) in [5.41, 5.74) is -0.443. The maximum Gasteiger partial charge on any atom is 0.326 e. The molecule has 2 N–H and O–H groups in total. The van der Waals surface area contributed by atoms with Crippen LogP contribution in [-0.2, 0) is 15.1 Å². The van der Waals surface area contributed by atoms with E-state index in [4.69, 9.17) is 11.6 Å². The molecule has 1 heterocycles. The van der Waals surface area contributed by atoms with E-state index in [-0.39, 0.29) is 10.7 Å². The summed E-state index contributed by atoms with van der Waals surface area (Å²) in [6, 6.07) is 20.6. The molecular formula is C23H17ClFN3O3. The van der Waals surface area contributed by atoms with Crippen molar-refractivity contribution in [2.45, 2.75) is 5.54 Å². The highest BCUT2D eigenvalue weighted by molar-refractivity contribution is 6.30. The third-order valence-corrected chi connectivity index (χ3v) is 5.26. The molecule has 6 nitrogen and oxygen atoms in total. The SMILES string of the molecule is O=C(CN1C(=O)NC(c2ccccc2)(c2ccccc2)C1=O)Nc1ccc(Cl)cc1F. The molecule has 4 amide bonds. The van der Waals surface area contributed by atoms with Gasteiger partial charge >= 0.3 is 6.03 Å². The van der Waals surface area contributed by atoms with Crippen LogP contribution < -0.4 is 10.6 Å². The van der Waals surface area contributed by atoms with Crippen LogP contribution in [0.25, 0.3) is 0 Å². The molecule has 3 aromatic rings. The highest BCUT2D eigenvalue weighted by Gasteiger charge is 2.54. The molecular weight excluding hydrogens is 421 g/mol. The van der Waals surface area contributed by atoms with Crippen LogP contribution in [0.3, 0.4) is 0 Å². The van der Waals surface area contributed by atoms with Gasteiger partial charge in [-0.15, -0.1) is 0 Å². The molecule has 4 rings (SSSR count). The minimum atomic E-state index is -1.47. The van der Waals surface area contributed by atoms with Crippen LogP contribution in [-0.4, -0.2) is 29.3 Å². The second-order valence-electron chi connectivity index (χ2n) is 6.98. The number of imide groups is 1. The summed E-state index contributed by atoms with van der Waals surface area (Å²) in [4.78, 5) is 39.6. The van der Waals surface area contributed by atoms with Gasteiger partial charge in [0.25, 0.3) is 5.91 Å². The van der Waals surface area contributed by atoms with Crippen LogP contribution in [0.1, 0.15) is 11.1 Å². The summed E-state index contributed by atoms with van der Waals surface area (Å²) >= 11 is 5.72. The van der Waals surface area contributed by atoms with Crippen molar-refractivity contribution >= 4 is 35.1 Å². The van der Waals surface area contributed by atoms with Gasteiger partial charge in [-0.2, -0.15) is 0 Å². The molecule has 8 heteroatoms. The molecule has 0 atom stereocenters. The number of amides is 4. The number of carbonyl (C=O) groups is 3. The van der Waals surface area contributed by atoms with Crippen molar-refractivity contribution in [3.05, 3.63) is 101 Å². The van der Waals surface area contributed by atoms with Crippen molar-refractivity contribution in [1.29, 1.82) is 0 Å². The Kier molecular flexibility index (Phi) is 5.44. The first kappa shape index (κ1) is 20.6. The van der Waals surface area contributed by atoms with E-state index in [1.807, 2.05) is 0 Å². The summed E-state index contributed by atoms with van der Waals surface area (Å²) in [7, 11) is 0. The second-order valence-corrected chi connectivity index (χ2v) is 7.41. The fourth-order valence-electron chi connectivity index (χ4n) is 3.58. The fourth-order valence-corrected chi connectivity index (χ4v) is 3.74. The molecule has 1 saturated heterocycles. The molecule has 3 aromatic carbocycles. The Morgan fingerprint density at radius 3 is 2.10 bits per heavy atom. The lowest BCUT2D eigenvalue weighted by Crippen LogP contribution is -2.45. The second kappa shape index (κ2) is 8.20. The number of anilines is 1. The Morgan fingerprint density at radius 1 is 0.968 bits per heavy atom. The summed E-state index contributed by atoms with van der Waals surface area (Å²) in [5, 5.41) is 5.30. The fraction of sp³-hybridized carbons (Fsp3) is 0.0870. The molecule has 0 radical (unpaired) electrons. The van der Waals surface area contributed by atoms with E-state index in [2.05, 4.69) is 10.6 Å². The number of hydrogen-bond donors (Lipinski definition) is 2. The Bertz CT molecular complexity index is 1120. The van der Waals surface area contributed by atoms with Gasteiger partial charge < -0.3 is 10.6 Å². The Morgan fingerprint density at radius 2 is 1.55 bits per heavy atom. The third-order valence-electron chi connectivity index (χ3n) is 5.03. The van der Waals surface area contributed by atoms with E-state index in [0.717, 1.165) is 11.0 Å². The van der Waals surface area contributed by atoms with Crippen LogP contribution in [0.4, 0.5) is 14.9 Å². The average molecular weight is 438 g/mol. The molecule has 0 aromatic heterocycles. The number of carbonyl (C=O) groups excluding carboxylic acids is 3. The zero-order valence-corrected chi connectivity index (χ0v) is 16.9. The smallest absolute Gasteiger partial charge is 0.322 e. The Labute approximate surface area is 182 Å². The molecule has 0 saturated carbocycles. The maximum absolute atomic E-state index is 14.0. The molecule has 0 unspecified atom stereocenters. The molecule has 31 heavy (non-hydrogen) atoms. The number of nitrogens with zero attached hydrogens (tertiary/aromatic N) is 1. The van der Waals surface area contributed by atoms with E-state index >= 15 is 0 Å². The standard InChI is InChI=1S/C23H17ClFN3O3/c24-17-11-12-19(18(25)13-17)26-20(29)14-28-21(30)23(27-22(28)31,15-7-3-1-4-8-15)16-9-5-2-6-10-16/h1-13H,14H2,(H,26,29)(H,27,31). The number of nitrogens with one attached hydrogen (secondary N) is 2. The monoisotopic (exact) mass is 437 g/mol. The number of urea groups is 1. The van der Waals surface area contributed by atoms with Gasteiger partial charge in [0.15, 0.2) is 5.54 Å². The minimum absolute atomic E-state index is 0.0983. The van der Waals surface area contributed by atoms with Crippen LogP contribution in [0.2, 0.25) is 5.02 Å². The highest BCUT2D eigenvalue weighted by Crippen LogP contribution is 2.35. The third kappa shape index (κ3) is 3.75. The summed E-state index contributed by atoms with van der Waals surface area (Å²) in [5.74, 6) is -2.04. The lowest BCUT2D eigenvalue weighted by Gasteiger charge is -2.28. The lowest BCUT2D eigenvalue weighted by atomic mass is 9.82. The molecule has 0 spiro atoms. The first-order chi connectivity index (χ1) is 14.9. The topological polar surface area (TPSA) is 78.5 Å². The van der Waals surface area contributed by atoms with E-state index in [1.165, 1.54) is 12.1 Å². The molecule has 156 valence electrons. The van der Waals surface area contributed by atoms with Crippen LogP contribution in [0.15, 0.2) is 78.9 Å². The molecule has 0 aliphatic carbocycles. The van der Waals surface area contributed by atoms with Crippen molar-refractivity contribution in [1.82, 2.24) is 10.2 Å². The predicted octanol–water partition coefficient (Wildman–Crippen LogP) is 3.91. The number of halogens is 2. The number of rotatable bonds is 5. The Balaban J connectivity index is 1.64. The van der Waals surface area contributed by atoms with Gasteiger partial charge in [-0.3, -0.25) is 14.5 Å². The lowest BCUT2D eigenvalue weighted by molar-refractivity contribution is -0.133. The zero-order valence-electron chi connectivity index (χ0n) is 16.1. The quantitative estimate of drug-likeness (QED) is 0.594. The van der Waals surface area contributed by atoms with Gasteiger partial charge in [0, 0.05) is 5.02 Å². The van der Waals surface area contributed by atoms with Gasteiger partial charge in [-0.05, 0) is 29.3 Å². The molecule has 1 aliphatic rings. The van der Waals surface area contributed by atoms with Gasteiger partial charge in [-0.1, -0.05) is 72.3 Å². The van der Waals surface area contributed by atoms with Crippen molar-refractivity contribution in [3.8, 4) is 0 Å². The van der Waals surface area contributed by atoms with E-state index in [0.29, 0.717) is 11.1 Å². The summed E-state index contributed by atoms with van der Waals surface area (Å²) in [6.07, 6.45) is 0. The maximum atomic E-state index is 14.0. The van der Waals surface area contributed by atoms with Crippen molar-refractivity contribution in [2.75, 3.05) is 11.9 Å². The largest absolute Gasteiger partial charge is 0.326 e. The van der Waals surface area contributed by atoms with E-state index in [1.54, 1.807) is 60.7 Å². The summed E-state index contributed by atoms with van der Waals surface area (Å²) in [6.45, 7) is -0.575. The molecule has 1 fully saturated rings. The number of hydrogen-bond acceptors (Lipinski definition) is 3. The van der Waals surface area contributed by atoms with Crippen molar-refractivity contribution in [2.24, 2.45) is 0 Å². The van der Waals surface area contributed by atoms with E-state index < -0.39 is 35.7 Å². The normalized spacial score (nSPS) is 15.0. The van der Waals surface area contributed by atoms with Gasteiger partial charge in [0.2, 0.25) is 5.91 Å². The van der Waals surface area contributed by atoms with Gasteiger partial charge in [0.1, 0.15) is 12.4 Å². The van der Waals surface area contributed by atoms with Crippen molar-refractivity contribution < 1.29 is 18.8 Å². The van der Waals surface area contributed by atoms with Gasteiger partial charge in [0.05, 0.1) is 5.69 Å². The first-order valence-electron chi connectivity index (χ1n) is 9.42. The number of benzene rings is 3. The minimum Gasteiger partial charge on any atom is -0.322 e. The van der Waals surface area contributed by atoms with Crippen molar-refractivity contribution in [3.63, 3.8) is 0 Å². The van der Waals surface area contributed by atoms with Crippen LogP contribution in [0, 0.1) is 5.82 Å².